The number of carbonyl (C=O) groups is 1. The van der Waals surface area contributed by atoms with Crippen molar-refractivity contribution in [3.05, 3.63) is 35.9 Å². The smallest absolute Gasteiger partial charge is 0.291 e. The van der Waals surface area contributed by atoms with Crippen molar-refractivity contribution in [2.45, 2.75) is 18.8 Å². The van der Waals surface area contributed by atoms with Gasteiger partial charge in [-0.15, -0.1) is 5.10 Å². The first kappa shape index (κ1) is 13.4. The lowest BCUT2D eigenvalue weighted by atomic mass is 10.3. The van der Waals surface area contributed by atoms with Crippen molar-refractivity contribution >= 4 is 11.6 Å². The van der Waals surface area contributed by atoms with Gasteiger partial charge in [0.1, 0.15) is 18.2 Å². The van der Waals surface area contributed by atoms with Crippen LogP contribution in [0.2, 0.25) is 0 Å². The molecule has 110 valence electrons. The Kier molecular flexibility index (Phi) is 3.72. The molecule has 1 aliphatic carbocycles. The lowest BCUT2D eigenvalue weighted by molar-refractivity contribution is 0.0937. The van der Waals surface area contributed by atoms with Crippen molar-refractivity contribution in [1.29, 1.82) is 0 Å². The molecule has 7 nitrogen and oxygen atoms in total. The molecule has 1 aromatic heterocycles. The molecule has 3 rings (SSSR count). The van der Waals surface area contributed by atoms with Crippen molar-refractivity contribution in [1.82, 2.24) is 20.5 Å². The zero-order chi connectivity index (χ0) is 14.7. The Morgan fingerprint density at radius 3 is 2.86 bits per heavy atom. The van der Waals surface area contributed by atoms with Gasteiger partial charge < -0.3 is 15.8 Å². The van der Waals surface area contributed by atoms with Crippen LogP contribution < -0.4 is 15.8 Å². The van der Waals surface area contributed by atoms with Gasteiger partial charge in [-0.25, -0.2) is 4.98 Å². The summed E-state index contributed by atoms with van der Waals surface area (Å²) in [6.07, 6.45) is 2.23. The quantitative estimate of drug-likeness (QED) is 0.544. The zero-order valence-corrected chi connectivity index (χ0v) is 11.5. The number of H-pyrrole nitrogens is 1. The molecule has 0 bridgehead atoms. The van der Waals surface area contributed by atoms with E-state index < -0.39 is 0 Å². The highest BCUT2D eigenvalue weighted by molar-refractivity contribution is 5.90. The Hall–Kier alpha value is -2.57. The molecule has 0 unspecified atom stereocenters. The SMILES string of the molecule is Nc1ccc(OCCNC(=O)c2n[nH]c(C3CC3)n2)cc1. The van der Waals surface area contributed by atoms with Gasteiger partial charge in [0.25, 0.3) is 5.91 Å². The number of hydrogen-bond donors (Lipinski definition) is 3. The van der Waals surface area contributed by atoms with Crippen LogP contribution in [0.25, 0.3) is 0 Å². The summed E-state index contributed by atoms with van der Waals surface area (Å²) in [4.78, 5) is 16.0. The van der Waals surface area contributed by atoms with Crippen LogP contribution in [0.3, 0.4) is 0 Å². The average molecular weight is 287 g/mol. The maximum Gasteiger partial charge on any atom is 0.291 e. The zero-order valence-electron chi connectivity index (χ0n) is 11.5. The van der Waals surface area contributed by atoms with Crippen molar-refractivity contribution in [3.8, 4) is 5.75 Å². The van der Waals surface area contributed by atoms with E-state index in [1.165, 1.54) is 0 Å². The van der Waals surface area contributed by atoms with Gasteiger partial charge in [0.2, 0.25) is 5.82 Å². The number of benzene rings is 1. The fourth-order valence-corrected chi connectivity index (χ4v) is 1.89. The molecule has 0 atom stereocenters. The second-order valence-electron chi connectivity index (χ2n) is 4.99. The van der Waals surface area contributed by atoms with E-state index in [2.05, 4.69) is 20.5 Å². The van der Waals surface area contributed by atoms with E-state index in [0.717, 1.165) is 18.7 Å². The summed E-state index contributed by atoms with van der Waals surface area (Å²) in [5.41, 5.74) is 6.27. The minimum Gasteiger partial charge on any atom is -0.492 e. The molecule has 0 spiro atoms. The number of aromatic amines is 1. The molecular formula is C14H17N5O2. The van der Waals surface area contributed by atoms with Crippen LogP contribution in [0.15, 0.2) is 24.3 Å². The highest BCUT2D eigenvalue weighted by atomic mass is 16.5. The molecule has 1 aliphatic rings. The van der Waals surface area contributed by atoms with Gasteiger partial charge in [0, 0.05) is 11.6 Å². The van der Waals surface area contributed by atoms with Gasteiger partial charge in [-0.2, -0.15) is 0 Å². The Morgan fingerprint density at radius 2 is 2.14 bits per heavy atom. The molecule has 1 amide bonds. The van der Waals surface area contributed by atoms with Gasteiger partial charge in [0.15, 0.2) is 0 Å². The molecule has 7 heteroatoms. The van der Waals surface area contributed by atoms with E-state index in [0.29, 0.717) is 30.5 Å². The van der Waals surface area contributed by atoms with Gasteiger partial charge in [0.05, 0.1) is 6.54 Å². The van der Waals surface area contributed by atoms with Crippen molar-refractivity contribution in [3.63, 3.8) is 0 Å². The van der Waals surface area contributed by atoms with E-state index in [1.807, 2.05) is 0 Å². The van der Waals surface area contributed by atoms with Crippen LogP contribution in [0, 0.1) is 0 Å². The highest BCUT2D eigenvalue weighted by Gasteiger charge is 2.28. The molecule has 0 aliphatic heterocycles. The van der Waals surface area contributed by atoms with E-state index in [1.54, 1.807) is 24.3 Å². The minimum atomic E-state index is -0.293. The highest BCUT2D eigenvalue weighted by Crippen LogP contribution is 2.37. The molecule has 21 heavy (non-hydrogen) atoms. The van der Waals surface area contributed by atoms with Crippen LogP contribution in [-0.4, -0.2) is 34.2 Å². The molecule has 0 radical (unpaired) electrons. The lowest BCUT2D eigenvalue weighted by Gasteiger charge is -2.06. The van der Waals surface area contributed by atoms with Gasteiger partial charge in [-0.1, -0.05) is 0 Å². The molecule has 1 heterocycles. The fraction of sp³-hybridized carbons (Fsp3) is 0.357. The number of nitrogens with zero attached hydrogens (tertiary/aromatic N) is 2. The normalized spacial score (nSPS) is 13.9. The third-order valence-corrected chi connectivity index (χ3v) is 3.21. The summed E-state index contributed by atoms with van der Waals surface area (Å²) in [7, 11) is 0. The maximum atomic E-state index is 11.8. The molecular weight excluding hydrogens is 270 g/mol. The van der Waals surface area contributed by atoms with E-state index in [9.17, 15) is 4.79 Å². The maximum absolute atomic E-state index is 11.8. The second-order valence-corrected chi connectivity index (χ2v) is 4.99. The summed E-state index contributed by atoms with van der Waals surface area (Å²) in [6, 6.07) is 7.10. The topological polar surface area (TPSA) is 106 Å². The number of rotatable bonds is 6. The number of aromatic nitrogens is 3. The van der Waals surface area contributed by atoms with Crippen LogP contribution in [0.5, 0.6) is 5.75 Å². The van der Waals surface area contributed by atoms with Crippen LogP contribution in [0.1, 0.15) is 35.2 Å². The van der Waals surface area contributed by atoms with Crippen molar-refractivity contribution in [2.75, 3.05) is 18.9 Å². The summed E-state index contributed by atoms with van der Waals surface area (Å²) in [5, 5.41) is 9.45. The predicted molar refractivity (Wildman–Crippen MR) is 77.0 cm³/mol. The average Bonchev–Trinajstić information content (AvgIpc) is 3.22. The van der Waals surface area contributed by atoms with Gasteiger partial charge in [-0.3, -0.25) is 9.89 Å². The molecule has 0 saturated heterocycles. The second kappa shape index (κ2) is 5.82. The Labute approximate surface area is 121 Å². The van der Waals surface area contributed by atoms with Crippen molar-refractivity contribution in [2.24, 2.45) is 0 Å². The Balaban J connectivity index is 1.41. The molecule has 1 saturated carbocycles. The number of ether oxygens (including phenoxy) is 1. The Morgan fingerprint density at radius 1 is 1.38 bits per heavy atom. The predicted octanol–water partition coefficient (Wildman–Crippen LogP) is 1.07. The number of carbonyl (C=O) groups excluding carboxylic acids is 1. The first-order valence-corrected chi connectivity index (χ1v) is 6.91. The van der Waals surface area contributed by atoms with E-state index >= 15 is 0 Å². The third kappa shape index (κ3) is 3.50. The van der Waals surface area contributed by atoms with E-state index in [-0.39, 0.29) is 11.7 Å². The summed E-state index contributed by atoms with van der Waals surface area (Å²) >= 11 is 0. The Bertz CT molecular complexity index is 619. The molecule has 4 N–H and O–H groups in total. The summed E-state index contributed by atoms with van der Waals surface area (Å²) < 4.78 is 5.48. The molecule has 2 aromatic rings. The fourth-order valence-electron chi connectivity index (χ4n) is 1.89. The number of nitrogen functional groups attached to an aromatic ring is 1. The van der Waals surface area contributed by atoms with Crippen LogP contribution in [-0.2, 0) is 0 Å². The number of nitrogens with two attached hydrogens (primary N) is 1. The van der Waals surface area contributed by atoms with Crippen LogP contribution >= 0.6 is 0 Å². The van der Waals surface area contributed by atoms with E-state index in [4.69, 9.17) is 10.5 Å². The standard InChI is InChI=1S/C14H17N5O2/c15-10-3-5-11(6-4-10)21-8-7-16-14(20)13-17-12(18-19-13)9-1-2-9/h3-6,9H,1-2,7-8,15H2,(H,16,20)(H,17,18,19). The third-order valence-electron chi connectivity index (χ3n) is 3.21. The number of amides is 1. The summed E-state index contributed by atoms with van der Waals surface area (Å²) in [5.74, 6) is 1.86. The summed E-state index contributed by atoms with van der Waals surface area (Å²) in [6.45, 7) is 0.756. The monoisotopic (exact) mass is 287 g/mol. The van der Waals surface area contributed by atoms with Crippen molar-refractivity contribution < 1.29 is 9.53 Å². The van der Waals surface area contributed by atoms with Crippen LogP contribution in [0.4, 0.5) is 5.69 Å². The number of anilines is 1. The lowest BCUT2D eigenvalue weighted by Crippen LogP contribution is -2.29. The number of nitrogens with one attached hydrogen (secondary N) is 2. The minimum absolute atomic E-state index is 0.185. The molecule has 1 fully saturated rings. The largest absolute Gasteiger partial charge is 0.492 e. The first-order chi connectivity index (χ1) is 10.2. The first-order valence-electron chi connectivity index (χ1n) is 6.91. The van der Waals surface area contributed by atoms with Gasteiger partial charge in [-0.05, 0) is 37.1 Å². The molecule has 1 aromatic carbocycles. The van der Waals surface area contributed by atoms with Gasteiger partial charge >= 0.3 is 0 Å². The number of hydrogen-bond acceptors (Lipinski definition) is 5.